The van der Waals surface area contributed by atoms with Gasteiger partial charge in [0.05, 0.1) is 6.10 Å². The average Bonchev–Trinajstić information content (AvgIpc) is 2.62. The first-order valence-electron chi connectivity index (χ1n) is 7.91. The molecule has 1 unspecified atom stereocenters. The van der Waals surface area contributed by atoms with Gasteiger partial charge in [-0.15, -0.1) is 0 Å². The van der Waals surface area contributed by atoms with E-state index in [1.807, 2.05) is 6.07 Å². The van der Waals surface area contributed by atoms with Crippen LogP contribution in [-0.2, 0) is 4.74 Å². The number of rotatable bonds is 5. The molecular formula is C20H23NO. The van der Waals surface area contributed by atoms with Crippen LogP contribution in [0.2, 0.25) is 0 Å². The second-order valence-corrected chi connectivity index (χ2v) is 5.74. The highest BCUT2D eigenvalue weighted by molar-refractivity contribution is 5.66. The number of hydrogen-bond donors (Lipinski definition) is 0. The van der Waals surface area contributed by atoms with Crippen LogP contribution in [0.25, 0.3) is 5.57 Å². The van der Waals surface area contributed by atoms with Gasteiger partial charge in [-0.05, 0) is 23.1 Å². The number of ether oxygens (including phenoxy) is 1. The lowest BCUT2D eigenvalue weighted by Gasteiger charge is -2.29. The molecule has 0 amide bonds. The van der Waals surface area contributed by atoms with Gasteiger partial charge in [0, 0.05) is 26.7 Å². The van der Waals surface area contributed by atoms with Gasteiger partial charge in [-0.3, -0.25) is 4.90 Å². The summed E-state index contributed by atoms with van der Waals surface area (Å²) in [7, 11) is 1.80. The molecule has 0 fully saturated rings. The Labute approximate surface area is 133 Å². The van der Waals surface area contributed by atoms with Crippen molar-refractivity contribution in [2.24, 2.45) is 0 Å². The minimum atomic E-state index is 0.146. The van der Waals surface area contributed by atoms with Crippen LogP contribution in [-0.4, -0.2) is 31.6 Å². The molecule has 3 rings (SSSR count). The lowest BCUT2D eigenvalue weighted by molar-refractivity contribution is 0.0669. The van der Waals surface area contributed by atoms with E-state index < -0.39 is 0 Å². The number of nitrogens with zero attached hydrogens (tertiary/aromatic N) is 1. The molecule has 0 N–H and O–H groups in total. The molecule has 2 aromatic carbocycles. The molecule has 2 heteroatoms. The molecule has 0 saturated heterocycles. The van der Waals surface area contributed by atoms with Gasteiger partial charge in [0.1, 0.15) is 0 Å². The number of hydrogen-bond acceptors (Lipinski definition) is 2. The van der Waals surface area contributed by atoms with E-state index in [2.05, 4.69) is 65.6 Å². The summed E-state index contributed by atoms with van der Waals surface area (Å²) < 4.78 is 5.69. The van der Waals surface area contributed by atoms with Gasteiger partial charge in [-0.1, -0.05) is 66.7 Å². The first-order valence-corrected chi connectivity index (χ1v) is 7.91. The summed E-state index contributed by atoms with van der Waals surface area (Å²) in [4.78, 5) is 2.47. The SMILES string of the molecule is COC(CN1CC=C(c2ccccc2)CC1)c1ccccc1. The smallest absolute Gasteiger partial charge is 0.0948 e. The minimum Gasteiger partial charge on any atom is -0.375 e. The van der Waals surface area contributed by atoms with Gasteiger partial charge in [0.25, 0.3) is 0 Å². The van der Waals surface area contributed by atoms with Crippen LogP contribution in [0.4, 0.5) is 0 Å². The Bertz CT molecular complexity index is 606. The molecule has 0 aromatic heterocycles. The molecule has 1 heterocycles. The summed E-state index contributed by atoms with van der Waals surface area (Å²) >= 11 is 0. The summed E-state index contributed by atoms with van der Waals surface area (Å²) in [5.41, 5.74) is 4.07. The van der Waals surface area contributed by atoms with E-state index in [1.54, 1.807) is 7.11 Å². The van der Waals surface area contributed by atoms with Gasteiger partial charge < -0.3 is 4.74 Å². The lowest BCUT2D eigenvalue weighted by Crippen LogP contribution is -2.33. The fourth-order valence-electron chi connectivity index (χ4n) is 3.01. The van der Waals surface area contributed by atoms with Gasteiger partial charge >= 0.3 is 0 Å². The average molecular weight is 293 g/mol. The van der Waals surface area contributed by atoms with E-state index in [-0.39, 0.29) is 6.10 Å². The molecule has 0 bridgehead atoms. The molecule has 2 aromatic rings. The van der Waals surface area contributed by atoms with Gasteiger partial charge in [-0.25, -0.2) is 0 Å². The third-order valence-electron chi connectivity index (χ3n) is 4.32. The highest BCUT2D eigenvalue weighted by Crippen LogP contribution is 2.24. The quantitative estimate of drug-likeness (QED) is 0.820. The zero-order chi connectivity index (χ0) is 15.2. The fraction of sp³-hybridized carbons (Fsp3) is 0.300. The van der Waals surface area contributed by atoms with Crippen LogP contribution in [0.1, 0.15) is 23.7 Å². The largest absolute Gasteiger partial charge is 0.375 e. The van der Waals surface area contributed by atoms with E-state index in [0.29, 0.717) is 0 Å². The van der Waals surface area contributed by atoms with Crippen LogP contribution in [0.3, 0.4) is 0 Å². The Morgan fingerprint density at radius 2 is 1.68 bits per heavy atom. The fourth-order valence-corrected chi connectivity index (χ4v) is 3.01. The maximum atomic E-state index is 5.69. The van der Waals surface area contributed by atoms with Crippen LogP contribution >= 0.6 is 0 Å². The van der Waals surface area contributed by atoms with Gasteiger partial charge in [-0.2, -0.15) is 0 Å². The monoisotopic (exact) mass is 293 g/mol. The Hall–Kier alpha value is -1.90. The maximum absolute atomic E-state index is 5.69. The van der Waals surface area contributed by atoms with Crippen molar-refractivity contribution in [3.8, 4) is 0 Å². The highest BCUT2D eigenvalue weighted by atomic mass is 16.5. The van der Waals surface area contributed by atoms with Gasteiger partial charge in [0.15, 0.2) is 0 Å². The van der Waals surface area contributed by atoms with Crippen molar-refractivity contribution in [3.63, 3.8) is 0 Å². The predicted octanol–water partition coefficient (Wildman–Crippen LogP) is 4.16. The van der Waals surface area contributed by atoms with Crippen LogP contribution in [0.15, 0.2) is 66.7 Å². The first kappa shape index (κ1) is 15.0. The van der Waals surface area contributed by atoms with Crippen molar-refractivity contribution in [3.05, 3.63) is 77.9 Å². The molecule has 114 valence electrons. The molecular weight excluding hydrogens is 270 g/mol. The maximum Gasteiger partial charge on any atom is 0.0948 e. The topological polar surface area (TPSA) is 12.5 Å². The van der Waals surface area contributed by atoms with Crippen molar-refractivity contribution in [2.75, 3.05) is 26.7 Å². The van der Waals surface area contributed by atoms with Crippen molar-refractivity contribution in [1.82, 2.24) is 4.90 Å². The third-order valence-corrected chi connectivity index (χ3v) is 4.32. The summed E-state index contributed by atoms with van der Waals surface area (Å²) in [6.07, 6.45) is 3.61. The van der Waals surface area contributed by atoms with Crippen molar-refractivity contribution < 1.29 is 4.74 Å². The Morgan fingerprint density at radius 3 is 2.27 bits per heavy atom. The molecule has 1 atom stereocenters. The van der Waals surface area contributed by atoms with Crippen molar-refractivity contribution in [1.29, 1.82) is 0 Å². The molecule has 0 radical (unpaired) electrons. The zero-order valence-electron chi connectivity index (χ0n) is 13.1. The van der Waals surface area contributed by atoms with Crippen molar-refractivity contribution >= 4 is 5.57 Å². The van der Waals surface area contributed by atoms with E-state index >= 15 is 0 Å². The van der Waals surface area contributed by atoms with E-state index in [0.717, 1.165) is 26.1 Å². The molecule has 1 aliphatic heterocycles. The summed E-state index contributed by atoms with van der Waals surface area (Å²) in [6, 6.07) is 21.2. The molecule has 0 spiro atoms. The number of methoxy groups -OCH3 is 1. The van der Waals surface area contributed by atoms with Crippen LogP contribution in [0, 0.1) is 0 Å². The Kier molecular flexibility index (Phi) is 5.04. The first-order chi connectivity index (χ1) is 10.9. The van der Waals surface area contributed by atoms with Crippen LogP contribution in [0.5, 0.6) is 0 Å². The third kappa shape index (κ3) is 3.65. The lowest BCUT2D eigenvalue weighted by atomic mass is 9.99. The highest BCUT2D eigenvalue weighted by Gasteiger charge is 2.18. The molecule has 2 nitrogen and oxygen atoms in total. The molecule has 0 saturated carbocycles. The minimum absolute atomic E-state index is 0.146. The van der Waals surface area contributed by atoms with E-state index in [4.69, 9.17) is 4.74 Å². The summed E-state index contributed by atoms with van der Waals surface area (Å²) in [5, 5.41) is 0. The van der Waals surface area contributed by atoms with Crippen molar-refractivity contribution in [2.45, 2.75) is 12.5 Å². The molecule has 22 heavy (non-hydrogen) atoms. The second kappa shape index (κ2) is 7.39. The second-order valence-electron chi connectivity index (χ2n) is 5.74. The van der Waals surface area contributed by atoms with E-state index in [9.17, 15) is 0 Å². The Balaban J connectivity index is 1.62. The predicted molar refractivity (Wildman–Crippen MR) is 91.7 cm³/mol. The summed E-state index contributed by atoms with van der Waals surface area (Å²) in [6.45, 7) is 3.03. The summed E-state index contributed by atoms with van der Waals surface area (Å²) in [5.74, 6) is 0. The standard InChI is InChI=1S/C20H23NO/c1-22-20(19-10-6-3-7-11-19)16-21-14-12-18(13-15-21)17-8-4-2-5-9-17/h2-12,20H,13-16H2,1H3. The van der Waals surface area contributed by atoms with E-state index in [1.165, 1.54) is 16.7 Å². The zero-order valence-corrected chi connectivity index (χ0v) is 13.1. The van der Waals surface area contributed by atoms with Crippen LogP contribution < -0.4 is 0 Å². The normalized spacial score (nSPS) is 17.0. The van der Waals surface area contributed by atoms with Gasteiger partial charge in [0.2, 0.25) is 0 Å². The molecule has 1 aliphatic rings. The molecule has 0 aliphatic carbocycles. The number of benzene rings is 2. The Morgan fingerprint density at radius 1 is 1.00 bits per heavy atom.